The Kier molecular flexibility index (Phi) is 4.29. The lowest BCUT2D eigenvalue weighted by atomic mass is 10.1. The van der Waals surface area contributed by atoms with Gasteiger partial charge in [0.15, 0.2) is 0 Å². The number of thioether (sulfide) groups is 1. The Hall–Kier alpha value is -0.670. The monoisotopic (exact) mass is 211 g/mol. The van der Waals surface area contributed by atoms with Crippen LogP contribution < -0.4 is 10.5 Å². The molecule has 78 valence electrons. The third kappa shape index (κ3) is 2.42. The summed E-state index contributed by atoms with van der Waals surface area (Å²) in [6.45, 7) is 2.02. The molecule has 0 aliphatic carbocycles. The Labute approximate surface area is 89.8 Å². The molecule has 2 nitrogen and oxygen atoms in total. The van der Waals surface area contributed by atoms with Gasteiger partial charge in [-0.15, -0.1) is 0 Å². The molecule has 0 saturated carbocycles. The summed E-state index contributed by atoms with van der Waals surface area (Å²) in [5, 5.41) is 0.297. The summed E-state index contributed by atoms with van der Waals surface area (Å²) in [4.78, 5) is 0. The Morgan fingerprint density at radius 1 is 1.36 bits per heavy atom. The van der Waals surface area contributed by atoms with Crippen LogP contribution in [-0.4, -0.2) is 19.4 Å². The first-order valence-corrected chi connectivity index (χ1v) is 5.90. The maximum atomic E-state index is 5.93. The van der Waals surface area contributed by atoms with E-state index in [9.17, 15) is 0 Å². The molecule has 1 aromatic carbocycles. The normalized spacial score (nSPS) is 14.9. The van der Waals surface area contributed by atoms with Crippen molar-refractivity contribution >= 4 is 11.8 Å². The van der Waals surface area contributed by atoms with Gasteiger partial charge in [-0.1, -0.05) is 18.2 Å². The zero-order chi connectivity index (χ0) is 10.6. The van der Waals surface area contributed by atoms with E-state index in [0.717, 1.165) is 5.75 Å². The molecule has 0 aromatic heterocycles. The molecule has 3 heteroatoms. The van der Waals surface area contributed by atoms with Gasteiger partial charge in [0.05, 0.1) is 7.11 Å². The zero-order valence-electron chi connectivity index (χ0n) is 8.86. The van der Waals surface area contributed by atoms with Gasteiger partial charge < -0.3 is 10.5 Å². The molecule has 0 bridgehead atoms. The van der Waals surface area contributed by atoms with E-state index in [2.05, 4.69) is 12.3 Å². The molecule has 2 unspecified atom stereocenters. The van der Waals surface area contributed by atoms with Gasteiger partial charge in [-0.05, 0) is 19.2 Å². The van der Waals surface area contributed by atoms with Crippen molar-refractivity contribution in [3.8, 4) is 5.75 Å². The molecule has 0 amide bonds. The number of hydrogen-bond donors (Lipinski definition) is 1. The Bertz CT molecular complexity index is 288. The minimum absolute atomic E-state index is 0.126. The fourth-order valence-corrected chi connectivity index (χ4v) is 2.40. The highest BCUT2D eigenvalue weighted by atomic mass is 32.2. The Morgan fingerprint density at radius 3 is 2.50 bits per heavy atom. The van der Waals surface area contributed by atoms with E-state index in [4.69, 9.17) is 10.5 Å². The molecule has 2 atom stereocenters. The molecule has 2 N–H and O–H groups in total. The highest BCUT2D eigenvalue weighted by Gasteiger charge is 2.18. The minimum atomic E-state index is 0.126. The van der Waals surface area contributed by atoms with E-state index in [1.165, 1.54) is 5.56 Å². The number of methoxy groups -OCH3 is 1. The number of benzene rings is 1. The second-order valence-corrected chi connectivity index (χ2v) is 4.24. The standard InChI is InChI=1S/C11H17NOS/c1-8(12)11(14-3)9-6-4-5-7-10(9)13-2/h4-8,11H,12H2,1-3H3. The van der Waals surface area contributed by atoms with E-state index in [-0.39, 0.29) is 6.04 Å². The van der Waals surface area contributed by atoms with Crippen LogP contribution in [0.4, 0.5) is 0 Å². The quantitative estimate of drug-likeness (QED) is 0.831. The van der Waals surface area contributed by atoms with Crippen LogP contribution in [0.1, 0.15) is 17.7 Å². The summed E-state index contributed by atoms with van der Waals surface area (Å²) in [6.07, 6.45) is 2.07. The molecule has 0 saturated heterocycles. The van der Waals surface area contributed by atoms with E-state index in [0.29, 0.717) is 5.25 Å². The first kappa shape index (κ1) is 11.4. The van der Waals surface area contributed by atoms with Crippen molar-refractivity contribution in [1.82, 2.24) is 0 Å². The summed E-state index contributed by atoms with van der Waals surface area (Å²) >= 11 is 1.76. The van der Waals surface area contributed by atoms with E-state index in [1.807, 2.05) is 25.1 Å². The van der Waals surface area contributed by atoms with Crippen LogP contribution in [0.25, 0.3) is 0 Å². The molecule has 0 aliphatic rings. The van der Waals surface area contributed by atoms with Gasteiger partial charge in [0.25, 0.3) is 0 Å². The lowest BCUT2D eigenvalue weighted by Gasteiger charge is -2.20. The van der Waals surface area contributed by atoms with E-state index < -0.39 is 0 Å². The van der Waals surface area contributed by atoms with Crippen LogP contribution in [0.3, 0.4) is 0 Å². The molecule has 0 radical (unpaired) electrons. The first-order valence-electron chi connectivity index (χ1n) is 4.62. The van der Waals surface area contributed by atoms with Gasteiger partial charge in [-0.3, -0.25) is 0 Å². The topological polar surface area (TPSA) is 35.2 Å². The van der Waals surface area contributed by atoms with Gasteiger partial charge in [0.2, 0.25) is 0 Å². The average molecular weight is 211 g/mol. The van der Waals surface area contributed by atoms with Crippen LogP contribution in [0.5, 0.6) is 5.75 Å². The summed E-state index contributed by atoms with van der Waals surface area (Å²) in [7, 11) is 1.69. The van der Waals surface area contributed by atoms with E-state index in [1.54, 1.807) is 18.9 Å². The van der Waals surface area contributed by atoms with Gasteiger partial charge in [-0.2, -0.15) is 11.8 Å². The Morgan fingerprint density at radius 2 is 2.00 bits per heavy atom. The molecule has 1 rings (SSSR count). The fraction of sp³-hybridized carbons (Fsp3) is 0.455. The maximum absolute atomic E-state index is 5.93. The first-order chi connectivity index (χ1) is 6.70. The van der Waals surface area contributed by atoms with Crippen molar-refractivity contribution in [3.63, 3.8) is 0 Å². The molecule has 1 aromatic rings. The van der Waals surface area contributed by atoms with Gasteiger partial charge in [-0.25, -0.2) is 0 Å². The summed E-state index contributed by atoms with van der Waals surface area (Å²) in [5.74, 6) is 0.921. The average Bonchev–Trinajstić information content (AvgIpc) is 2.19. The van der Waals surface area contributed by atoms with Crippen molar-refractivity contribution in [2.24, 2.45) is 5.73 Å². The molecule has 0 aliphatic heterocycles. The second-order valence-electron chi connectivity index (χ2n) is 3.26. The van der Waals surface area contributed by atoms with Crippen LogP contribution in [0, 0.1) is 0 Å². The Balaban J connectivity index is 3.02. The van der Waals surface area contributed by atoms with E-state index >= 15 is 0 Å². The summed E-state index contributed by atoms with van der Waals surface area (Å²) in [5.41, 5.74) is 7.10. The van der Waals surface area contributed by atoms with Gasteiger partial charge in [0, 0.05) is 16.9 Å². The van der Waals surface area contributed by atoms with Crippen LogP contribution in [0.2, 0.25) is 0 Å². The molecule has 0 fully saturated rings. The second kappa shape index (κ2) is 5.27. The molecular weight excluding hydrogens is 194 g/mol. The molecular formula is C11H17NOS. The number of rotatable bonds is 4. The number of para-hydroxylation sites is 1. The third-order valence-electron chi connectivity index (χ3n) is 2.18. The predicted octanol–water partition coefficient (Wildman–Crippen LogP) is 2.45. The number of ether oxygens (including phenoxy) is 1. The van der Waals surface area contributed by atoms with Crippen molar-refractivity contribution in [2.45, 2.75) is 18.2 Å². The van der Waals surface area contributed by atoms with Crippen molar-refractivity contribution in [2.75, 3.05) is 13.4 Å². The van der Waals surface area contributed by atoms with Crippen molar-refractivity contribution < 1.29 is 4.74 Å². The highest BCUT2D eigenvalue weighted by Crippen LogP contribution is 2.34. The summed E-state index contributed by atoms with van der Waals surface area (Å²) in [6, 6.07) is 8.16. The third-order valence-corrected chi connectivity index (χ3v) is 3.37. The largest absolute Gasteiger partial charge is 0.496 e. The molecule has 14 heavy (non-hydrogen) atoms. The zero-order valence-corrected chi connectivity index (χ0v) is 9.67. The fourth-order valence-electron chi connectivity index (χ4n) is 1.53. The molecule has 0 spiro atoms. The SMILES string of the molecule is COc1ccccc1C(SC)C(C)N. The lowest BCUT2D eigenvalue weighted by Crippen LogP contribution is -2.22. The number of nitrogens with two attached hydrogens (primary N) is 1. The smallest absolute Gasteiger partial charge is 0.123 e. The maximum Gasteiger partial charge on any atom is 0.123 e. The van der Waals surface area contributed by atoms with Crippen LogP contribution in [-0.2, 0) is 0 Å². The van der Waals surface area contributed by atoms with Gasteiger partial charge >= 0.3 is 0 Å². The predicted molar refractivity (Wildman–Crippen MR) is 62.9 cm³/mol. The van der Waals surface area contributed by atoms with Crippen molar-refractivity contribution in [1.29, 1.82) is 0 Å². The van der Waals surface area contributed by atoms with Gasteiger partial charge in [0.1, 0.15) is 5.75 Å². The van der Waals surface area contributed by atoms with Crippen molar-refractivity contribution in [3.05, 3.63) is 29.8 Å². The lowest BCUT2D eigenvalue weighted by molar-refractivity contribution is 0.408. The number of hydrogen-bond acceptors (Lipinski definition) is 3. The minimum Gasteiger partial charge on any atom is -0.496 e. The van der Waals surface area contributed by atoms with Crippen LogP contribution in [0.15, 0.2) is 24.3 Å². The molecule has 0 heterocycles. The van der Waals surface area contributed by atoms with Crippen LogP contribution >= 0.6 is 11.8 Å². The summed E-state index contributed by atoms with van der Waals surface area (Å²) < 4.78 is 5.31. The highest BCUT2D eigenvalue weighted by molar-refractivity contribution is 7.98.